The monoisotopic (exact) mass is 363 g/mol. The van der Waals surface area contributed by atoms with Crippen molar-refractivity contribution in [3.8, 4) is 11.3 Å². The Hall–Kier alpha value is -3.22. The summed E-state index contributed by atoms with van der Waals surface area (Å²) in [5, 5.41) is 7.00. The lowest BCUT2D eigenvalue weighted by Crippen LogP contribution is -2.29. The Balaban J connectivity index is 1.58. The number of aromatic nitrogens is 4. The Labute approximate surface area is 156 Å². The Bertz CT molecular complexity index is 1030. The van der Waals surface area contributed by atoms with Crippen molar-refractivity contribution in [2.45, 2.75) is 39.3 Å². The van der Waals surface area contributed by atoms with E-state index in [1.165, 1.54) is 17.2 Å². The SMILES string of the molecule is Cc1ccc(=O)n(CC(=O)Nc2ccccc2-c2cn3c(n2)CCCC3)n1. The van der Waals surface area contributed by atoms with Gasteiger partial charge in [-0.1, -0.05) is 18.2 Å². The predicted molar refractivity (Wildman–Crippen MR) is 102 cm³/mol. The number of carbonyl (C=O) groups excluding carboxylic acids is 1. The minimum absolute atomic E-state index is 0.130. The fourth-order valence-corrected chi connectivity index (χ4v) is 3.35. The van der Waals surface area contributed by atoms with Crippen LogP contribution in [-0.2, 0) is 24.3 Å². The van der Waals surface area contributed by atoms with Gasteiger partial charge in [-0.25, -0.2) is 9.67 Å². The summed E-state index contributed by atoms with van der Waals surface area (Å²) in [6.07, 6.45) is 5.36. The number of nitrogens with one attached hydrogen (secondary N) is 1. The summed E-state index contributed by atoms with van der Waals surface area (Å²) >= 11 is 0. The molecule has 0 unspecified atom stereocenters. The van der Waals surface area contributed by atoms with Crippen LogP contribution < -0.4 is 10.9 Å². The summed E-state index contributed by atoms with van der Waals surface area (Å²) in [5.41, 5.74) is 2.79. The Morgan fingerprint density at radius 3 is 2.89 bits per heavy atom. The summed E-state index contributed by atoms with van der Waals surface area (Å²) in [5.74, 6) is 0.791. The first-order valence-electron chi connectivity index (χ1n) is 9.10. The zero-order valence-electron chi connectivity index (χ0n) is 15.2. The third kappa shape index (κ3) is 3.67. The van der Waals surface area contributed by atoms with E-state index in [4.69, 9.17) is 4.98 Å². The van der Waals surface area contributed by atoms with Crippen molar-refractivity contribution in [1.29, 1.82) is 0 Å². The van der Waals surface area contributed by atoms with Gasteiger partial charge in [0.05, 0.1) is 17.1 Å². The Morgan fingerprint density at radius 1 is 1.19 bits per heavy atom. The second-order valence-corrected chi connectivity index (χ2v) is 6.76. The molecule has 1 aromatic carbocycles. The molecule has 1 amide bonds. The molecule has 27 heavy (non-hydrogen) atoms. The number of anilines is 1. The van der Waals surface area contributed by atoms with E-state index in [1.807, 2.05) is 30.5 Å². The lowest BCUT2D eigenvalue weighted by Gasteiger charge is -2.11. The Kier molecular flexibility index (Phi) is 4.58. The van der Waals surface area contributed by atoms with Crippen molar-refractivity contribution in [2.75, 3.05) is 5.32 Å². The van der Waals surface area contributed by atoms with Gasteiger partial charge in [0.25, 0.3) is 5.56 Å². The second-order valence-electron chi connectivity index (χ2n) is 6.76. The number of para-hydroxylation sites is 1. The van der Waals surface area contributed by atoms with E-state index in [9.17, 15) is 9.59 Å². The van der Waals surface area contributed by atoms with Crippen molar-refractivity contribution in [1.82, 2.24) is 19.3 Å². The smallest absolute Gasteiger partial charge is 0.267 e. The molecule has 4 rings (SSSR count). The van der Waals surface area contributed by atoms with Gasteiger partial charge in [0.1, 0.15) is 12.4 Å². The van der Waals surface area contributed by atoms with Crippen LogP contribution in [0, 0.1) is 6.92 Å². The largest absolute Gasteiger partial charge is 0.334 e. The molecule has 1 aliphatic heterocycles. The molecule has 3 aromatic rings. The number of amides is 1. The van der Waals surface area contributed by atoms with Crippen LogP contribution in [0.15, 0.2) is 47.4 Å². The first-order valence-corrected chi connectivity index (χ1v) is 9.10. The molecule has 1 N–H and O–H groups in total. The molecule has 0 spiro atoms. The highest BCUT2D eigenvalue weighted by Gasteiger charge is 2.16. The van der Waals surface area contributed by atoms with Crippen molar-refractivity contribution in [3.05, 3.63) is 64.5 Å². The summed E-state index contributed by atoms with van der Waals surface area (Å²) in [6.45, 7) is 2.64. The number of benzene rings is 1. The zero-order valence-corrected chi connectivity index (χ0v) is 15.2. The van der Waals surface area contributed by atoms with Gasteiger partial charge in [0, 0.05) is 30.8 Å². The first-order chi connectivity index (χ1) is 13.1. The fraction of sp³-hybridized carbons (Fsp3) is 0.300. The third-order valence-electron chi connectivity index (χ3n) is 4.68. The minimum Gasteiger partial charge on any atom is -0.334 e. The average Bonchev–Trinajstić information content (AvgIpc) is 3.09. The topological polar surface area (TPSA) is 81.8 Å². The summed E-state index contributed by atoms with van der Waals surface area (Å²) < 4.78 is 3.36. The number of hydrogen-bond acceptors (Lipinski definition) is 4. The van der Waals surface area contributed by atoms with Crippen LogP contribution in [0.5, 0.6) is 0 Å². The van der Waals surface area contributed by atoms with Gasteiger partial charge in [-0.3, -0.25) is 9.59 Å². The van der Waals surface area contributed by atoms with E-state index in [0.717, 1.165) is 36.5 Å². The van der Waals surface area contributed by atoms with E-state index in [0.29, 0.717) is 11.4 Å². The molecular formula is C20H21N5O2. The van der Waals surface area contributed by atoms with Crippen LogP contribution in [-0.4, -0.2) is 25.2 Å². The van der Waals surface area contributed by atoms with Crippen LogP contribution in [0.4, 0.5) is 5.69 Å². The van der Waals surface area contributed by atoms with Crippen molar-refractivity contribution in [3.63, 3.8) is 0 Å². The van der Waals surface area contributed by atoms with Crippen LogP contribution >= 0.6 is 0 Å². The highest BCUT2D eigenvalue weighted by molar-refractivity contribution is 5.94. The van der Waals surface area contributed by atoms with Crippen LogP contribution in [0.2, 0.25) is 0 Å². The maximum absolute atomic E-state index is 12.5. The van der Waals surface area contributed by atoms with Gasteiger partial charge < -0.3 is 9.88 Å². The normalized spacial score (nSPS) is 13.2. The van der Waals surface area contributed by atoms with E-state index in [1.54, 1.807) is 13.0 Å². The molecule has 2 aromatic heterocycles. The van der Waals surface area contributed by atoms with Gasteiger partial charge >= 0.3 is 0 Å². The number of nitrogens with zero attached hydrogens (tertiary/aromatic N) is 4. The van der Waals surface area contributed by atoms with Gasteiger partial charge in [0.15, 0.2) is 0 Å². The highest BCUT2D eigenvalue weighted by atomic mass is 16.2. The molecule has 0 aliphatic carbocycles. The number of fused-ring (bicyclic) bond motifs is 1. The van der Waals surface area contributed by atoms with Crippen LogP contribution in [0.25, 0.3) is 11.3 Å². The maximum atomic E-state index is 12.5. The lowest BCUT2D eigenvalue weighted by atomic mass is 10.1. The molecule has 0 radical (unpaired) electrons. The molecule has 0 atom stereocenters. The van der Waals surface area contributed by atoms with Gasteiger partial charge in [-0.2, -0.15) is 5.10 Å². The predicted octanol–water partition coefficient (Wildman–Crippen LogP) is 2.39. The van der Waals surface area contributed by atoms with Gasteiger partial charge in [0.2, 0.25) is 5.91 Å². The van der Waals surface area contributed by atoms with E-state index < -0.39 is 0 Å². The summed E-state index contributed by atoms with van der Waals surface area (Å²) in [7, 11) is 0. The second kappa shape index (κ2) is 7.19. The first kappa shape index (κ1) is 17.2. The average molecular weight is 363 g/mol. The van der Waals surface area contributed by atoms with E-state index >= 15 is 0 Å². The fourth-order valence-electron chi connectivity index (χ4n) is 3.35. The summed E-state index contributed by atoms with van der Waals surface area (Å²) in [4.78, 5) is 29.1. The van der Waals surface area contributed by atoms with Crippen molar-refractivity contribution >= 4 is 11.6 Å². The lowest BCUT2D eigenvalue weighted by molar-refractivity contribution is -0.117. The molecule has 0 fully saturated rings. The molecule has 3 heterocycles. The number of imidazole rings is 1. The van der Waals surface area contributed by atoms with Crippen molar-refractivity contribution < 1.29 is 4.79 Å². The molecule has 0 saturated heterocycles. The minimum atomic E-state index is -0.300. The number of hydrogen-bond donors (Lipinski definition) is 1. The quantitative estimate of drug-likeness (QED) is 0.772. The number of aryl methyl sites for hydroxylation is 3. The number of carbonyl (C=O) groups is 1. The molecule has 1 aliphatic rings. The van der Waals surface area contributed by atoms with E-state index in [-0.39, 0.29) is 18.0 Å². The summed E-state index contributed by atoms with van der Waals surface area (Å²) in [6, 6.07) is 10.6. The van der Waals surface area contributed by atoms with Gasteiger partial charge in [-0.05, 0) is 31.9 Å². The molecule has 0 bridgehead atoms. The van der Waals surface area contributed by atoms with Crippen LogP contribution in [0.3, 0.4) is 0 Å². The third-order valence-corrected chi connectivity index (χ3v) is 4.68. The van der Waals surface area contributed by atoms with Crippen molar-refractivity contribution in [2.24, 2.45) is 0 Å². The molecule has 0 saturated carbocycles. The van der Waals surface area contributed by atoms with Gasteiger partial charge in [-0.15, -0.1) is 0 Å². The van der Waals surface area contributed by atoms with E-state index in [2.05, 4.69) is 15.0 Å². The molecular weight excluding hydrogens is 342 g/mol. The molecule has 7 nitrogen and oxygen atoms in total. The zero-order chi connectivity index (χ0) is 18.8. The number of rotatable bonds is 4. The standard InChI is InChI=1S/C20H21N5O2/c1-14-9-10-20(27)25(23-14)13-19(26)22-16-7-3-2-6-15(16)17-12-24-11-5-4-8-18(24)21-17/h2-3,6-7,9-10,12H,4-5,8,11,13H2,1H3,(H,22,26). The molecule has 138 valence electrons. The highest BCUT2D eigenvalue weighted by Crippen LogP contribution is 2.28. The maximum Gasteiger partial charge on any atom is 0.267 e. The Morgan fingerprint density at radius 2 is 2.04 bits per heavy atom. The van der Waals surface area contributed by atoms with Crippen LogP contribution in [0.1, 0.15) is 24.4 Å². The molecule has 7 heteroatoms.